The zero-order valence-corrected chi connectivity index (χ0v) is 6.27. The van der Waals surface area contributed by atoms with Crippen molar-refractivity contribution in [3.63, 3.8) is 0 Å². The number of hydrogen-bond acceptors (Lipinski definition) is 0. The van der Waals surface area contributed by atoms with Crippen molar-refractivity contribution >= 4 is 0 Å². The Balaban J connectivity index is 0. The van der Waals surface area contributed by atoms with Crippen LogP contribution < -0.4 is 0 Å². The van der Waals surface area contributed by atoms with E-state index in [9.17, 15) is 0 Å². The summed E-state index contributed by atoms with van der Waals surface area (Å²) in [4.78, 5) is 0. The second kappa shape index (κ2) is 2.82. The smallest absolute Gasteiger partial charge is 0.338 e. The quantitative estimate of drug-likeness (QED) is 0.337. The summed E-state index contributed by atoms with van der Waals surface area (Å²) in [6.07, 6.45) is 0. The Morgan fingerprint density at radius 1 is 1.17 bits per heavy atom. The first-order valence-corrected chi connectivity index (χ1v) is 1.85. The van der Waals surface area contributed by atoms with Crippen molar-refractivity contribution in [2.75, 3.05) is 0 Å². The van der Waals surface area contributed by atoms with Crippen LogP contribution in [0.1, 0.15) is 20.8 Å². The molecule has 0 fully saturated rings. The molecule has 0 aliphatic heterocycles. The van der Waals surface area contributed by atoms with Gasteiger partial charge in [0.1, 0.15) is 0 Å². The Labute approximate surface area is 55.2 Å². The van der Waals surface area contributed by atoms with Gasteiger partial charge in [-0.25, -0.2) is 0 Å². The van der Waals surface area contributed by atoms with Crippen molar-refractivity contribution in [3.05, 3.63) is 6.92 Å². The summed E-state index contributed by atoms with van der Waals surface area (Å²) in [6.45, 7) is 10.0. The molecule has 0 atom stereocenters. The summed E-state index contributed by atoms with van der Waals surface area (Å²) in [7, 11) is 0. The topological polar surface area (TPSA) is 0 Å². The molecule has 0 aromatic carbocycles. The molecule has 0 bridgehead atoms. The minimum absolute atomic E-state index is 0. The SMILES string of the molecule is [CH2-]C(C)(C)C.[Ti+2]. The number of rotatable bonds is 0. The summed E-state index contributed by atoms with van der Waals surface area (Å²) in [5.41, 5.74) is 0.250. The summed E-state index contributed by atoms with van der Waals surface area (Å²) >= 11 is 0. The predicted molar refractivity (Wildman–Crippen MR) is 24.8 cm³/mol. The van der Waals surface area contributed by atoms with Crippen molar-refractivity contribution in [2.45, 2.75) is 20.8 Å². The second-order valence-corrected chi connectivity index (χ2v) is 2.56. The van der Waals surface area contributed by atoms with E-state index in [-0.39, 0.29) is 27.1 Å². The Morgan fingerprint density at radius 3 is 1.17 bits per heavy atom. The van der Waals surface area contributed by atoms with Crippen molar-refractivity contribution in [1.82, 2.24) is 0 Å². The van der Waals surface area contributed by atoms with Crippen LogP contribution in [0.25, 0.3) is 0 Å². The Morgan fingerprint density at radius 2 is 1.17 bits per heavy atom. The van der Waals surface area contributed by atoms with Crippen LogP contribution in [-0.2, 0) is 21.7 Å². The van der Waals surface area contributed by atoms with Crippen LogP contribution in [0, 0.1) is 12.3 Å². The molecule has 0 N–H and O–H groups in total. The molecule has 0 aliphatic rings. The predicted octanol–water partition coefficient (Wildman–Crippen LogP) is 1.86. The van der Waals surface area contributed by atoms with Crippen LogP contribution in [0.5, 0.6) is 0 Å². The zero-order valence-electron chi connectivity index (χ0n) is 4.71. The van der Waals surface area contributed by atoms with Crippen LogP contribution in [-0.4, -0.2) is 0 Å². The largest absolute Gasteiger partial charge is 2.00 e. The first kappa shape index (κ1) is 9.86. The van der Waals surface area contributed by atoms with E-state index in [4.69, 9.17) is 0 Å². The first-order valence-electron chi connectivity index (χ1n) is 1.85. The summed E-state index contributed by atoms with van der Waals surface area (Å²) in [5.74, 6) is 0. The van der Waals surface area contributed by atoms with E-state index in [1.807, 2.05) is 0 Å². The van der Waals surface area contributed by atoms with Gasteiger partial charge in [-0.2, -0.15) is 5.41 Å². The summed E-state index contributed by atoms with van der Waals surface area (Å²) < 4.78 is 0. The van der Waals surface area contributed by atoms with Crippen LogP contribution >= 0.6 is 0 Å². The van der Waals surface area contributed by atoms with E-state index in [1.165, 1.54) is 0 Å². The molecule has 0 unspecified atom stereocenters. The second-order valence-electron chi connectivity index (χ2n) is 2.56. The summed E-state index contributed by atoms with van der Waals surface area (Å²) in [6, 6.07) is 0. The van der Waals surface area contributed by atoms with Crippen molar-refractivity contribution in [3.8, 4) is 0 Å². The molecule has 6 heavy (non-hydrogen) atoms. The van der Waals surface area contributed by atoms with Gasteiger partial charge in [0.2, 0.25) is 0 Å². The Hall–Kier alpha value is 0.714. The van der Waals surface area contributed by atoms with Crippen LogP contribution in [0.2, 0.25) is 0 Å². The molecule has 0 heterocycles. The van der Waals surface area contributed by atoms with Gasteiger partial charge < -0.3 is 6.92 Å². The fourth-order valence-corrected chi connectivity index (χ4v) is 0. The minimum atomic E-state index is 0. The molecule has 0 saturated heterocycles. The van der Waals surface area contributed by atoms with Crippen LogP contribution in [0.4, 0.5) is 0 Å². The average Bonchev–Trinajstić information content (AvgIpc) is 0.722. The molecule has 1 heteroatoms. The molecule has 0 spiro atoms. The third-order valence-corrected chi connectivity index (χ3v) is 0. The number of hydrogen-bond donors (Lipinski definition) is 0. The Kier molecular flexibility index (Phi) is 4.63. The maximum absolute atomic E-state index is 3.77. The first-order chi connectivity index (χ1) is 2.00. The third-order valence-electron chi connectivity index (χ3n) is 0. The minimum Gasteiger partial charge on any atom is -0.338 e. The average molecular weight is 119 g/mol. The molecule has 34 valence electrons. The molecule has 0 aromatic heterocycles. The third kappa shape index (κ3) is 127. The van der Waals surface area contributed by atoms with Gasteiger partial charge in [0, 0.05) is 0 Å². The van der Waals surface area contributed by atoms with Gasteiger partial charge in [0.05, 0.1) is 0 Å². The fourth-order valence-electron chi connectivity index (χ4n) is 0. The Bertz CT molecular complexity index is 19.4. The molecule has 0 rings (SSSR count). The van der Waals surface area contributed by atoms with Gasteiger partial charge in [-0.15, -0.1) is 0 Å². The van der Waals surface area contributed by atoms with Gasteiger partial charge in [-0.1, -0.05) is 20.8 Å². The van der Waals surface area contributed by atoms with Crippen molar-refractivity contribution in [2.24, 2.45) is 5.41 Å². The molecule has 0 radical (unpaired) electrons. The molecule has 0 aromatic rings. The van der Waals surface area contributed by atoms with Gasteiger partial charge >= 0.3 is 21.7 Å². The van der Waals surface area contributed by atoms with E-state index in [0.717, 1.165) is 0 Å². The maximum atomic E-state index is 3.77. The van der Waals surface area contributed by atoms with E-state index >= 15 is 0 Å². The summed E-state index contributed by atoms with van der Waals surface area (Å²) in [5, 5.41) is 0. The molecule has 0 amide bonds. The monoisotopic (exact) mass is 119 g/mol. The van der Waals surface area contributed by atoms with E-state index in [0.29, 0.717) is 0 Å². The maximum Gasteiger partial charge on any atom is 2.00 e. The van der Waals surface area contributed by atoms with E-state index in [2.05, 4.69) is 27.7 Å². The zero-order chi connectivity index (χ0) is 4.50. The van der Waals surface area contributed by atoms with Gasteiger partial charge in [-0.05, 0) is 0 Å². The van der Waals surface area contributed by atoms with Crippen molar-refractivity contribution in [1.29, 1.82) is 0 Å². The van der Waals surface area contributed by atoms with Gasteiger partial charge in [0.25, 0.3) is 0 Å². The molecule has 0 nitrogen and oxygen atoms in total. The van der Waals surface area contributed by atoms with E-state index in [1.54, 1.807) is 0 Å². The van der Waals surface area contributed by atoms with Crippen molar-refractivity contribution < 1.29 is 21.7 Å². The fraction of sp³-hybridized carbons (Fsp3) is 0.800. The molecular weight excluding hydrogens is 108 g/mol. The molecular formula is C5H11Ti+. The van der Waals surface area contributed by atoms with Gasteiger partial charge in [0.15, 0.2) is 0 Å². The molecule has 0 saturated carbocycles. The standard InChI is InChI=1S/C5H11.Ti/c1-5(2,3)4;/h1H2,2-4H3;/q-1;+2. The molecule has 0 aliphatic carbocycles. The van der Waals surface area contributed by atoms with Gasteiger partial charge in [-0.3, -0.25) is 0 Å². The van der Waals surface area contributed by atoms with Crippen LogP contribution in [0.15, 0.2) is 0 Å². The normalized spacial score (nSPS) is 10.0. The van der Waals surface area contributed by atoms with E-state index < -0.39 is 0 Å². The van der Waals surface area contributed by atoms with Crippen LogP contribution in [0.3, 0.4) is 0 Å².